The van der Waals surface area contributed by atoms with Gasteiger partial charge in [-0.25, -0.2) is 4.98 Å². The summed E-state index contributed by atoms with van der Waals surface area (Å²) >= 11 is 0. The highest BCUT2D eigenvalue weighted by atomic mass is 16.5. The summed E-state index contributed by atoms with van der Waals surface area (Å²) in [5, 5.41) is 2.87. The van der Waals surface area contributed by atoms with Gasteiger partial charge in [0.1, 0.15) is 11.5 Å². The zero-order valence-electron chi connectivity index (χ0n) is 14.0. The van der Waals surface area contributed by atoms with Gasteiger partial charge < -0.3 is 19.2 Å². The number of ether oxygens (including phenoxy) is 2. The van der Waals surface area contributed by atoms with Crippen molar-refractivity contribution < 1.29 is 18.7 Å². The predicted molar refractivity (Wildman–Crippen MR) is 93.8 cm³/mol. The molecule has 0 atom stereocenters. The monoisotopic (exact) mass is 338 g/mol. The Labute approximate surface area is 145 Å². The van der Waals surface area contributed by atoms with E-state index in [0.29, 0.717) is 22.9 Å². The predicted octanol–water partition coefficient (Wildman–Crippen LogP) is 3.54. The summed E-state index contributed by atoms with van der Waals surface area (Å²) in [6.45, 7) is 0. The fourth-order valence-electron chi connectivity index (χ4n) is 2.55. The average molecular weight is 338 g/mol. The fourth-order valence-corrected chi connectivity index (χ4v) is 2.55. The van der Waals surface area contributed by atoms with Crippen LogP contribution in [0, 0.1) is 0 Å². The van der Waals surface area contributed by atoms with Crippen LogP contribution < -0.4 is 14.8 Å². The van der Waals surface area contributed by atoms with Gasteiger partial charge in [0.25, 0.3) is 0 Å². The Morgan fingerprint density at radius 2 is 1.92 bits per heavy atom. The first kappa shape index (κ1) is 16.6. The molecular weight excluding hydrogens is 320 g/mol. The molecule has 6 heteroatoms. The number of oxazole rings is 1. The van der Waals surface area contributed by atoms with Gasteiger partial charge in [-0.15, -0.1) is 0 Å². The van der Waals surface area contributed by atoms with Gasteiger partial charge in [0.15, 0.2) is 12.2 Å². The molecule has 0 radical (unpaired) electrons. The zero-order chi connectivity index (χ0) is 17.6. The summed E-state index contributed by atoms with van der Waals surface area (Å²) in [4.78, 5) is 16.2. The molecule has 0 aliphatic heterocycles. The molecule has 128 valence electrons. The molecule has 6 nitrogen and oxygen atoms in total. The number of para-hydroxylation sites is 1. The molecule has 0 saturated carbocycles. The van der Waals surface area contributed by atoms with Gasteiger partial charge in [-0.3, -0.25) is 4.79 Å². The number of aromatic nitrogens is 1. The number of amides is 1. The van der Waals surface area contributed by atoms with Crippen LogP contribution in [0.4, 0.5) is 5.69 Å². The number of hydrogen-bond donors (Lipinski definition) is 1. The number of carbonyl (C=O) groups is 1. The summed E-state index contributed by atoms with van der Waals surface area (Å²) in [6.07, 6.45) is 3.19. The van der Waals surface area contributed by atoms with Crippen molar-refractivity contribution in [2.75, 3.05) is 19.5 Å². The third-order valence-electron chi connectivity index (χ3n) is 3.73. The van der Waals surface area contributed by atoms with E-state index in [2.05, 4.69) is 10.3 Å². The normalized spacial score (nSPS) is 10.3. The topological polar surface area (TPSA) is 73.6 Å². The van der Waals surface area contributed by atoms with Crippen LogP contribution in [0.25, 0.3) is 11.3 Å². The van der Waals surface area contributed by atoms with Crippen LogP contribution >= 0.6 is 0 Å². The van der Waals surface area contributed by atoms with Crippen molar-refractivity contribution in [1.82, 2.24) is 4.98 Å². The number of nitrogens with one attached hydrogen (secondary N) is 1. The van der Waals surface area contributed by atoms with Gasteiger partial charge >= 0.3 is 0 Å². The first-order valence-electron chi connectivity index (χ1n) is 7.70. The lowest BCUT2D eigenvalue weighted by atomic mass is 10.1. The van der Waals surface area contributed by atoms with Crippen molar-refractivity contribution in [3.8, 4) is 22.8 Å². The van der Waals surface area contributed by atoms with E-state index in [9.17, 15) is 4.79 Å². The van der Waals surface area contributed by atoms with E-state index in [1.54, 1.807) is 32.5 Å². The molecule has 3 aromatic rings. The summed E-state index contributed by atoms with van der Waals surface area (Å²) in [6, 6.07) is 12.8. The Balaban J connectivity index is 1.75. The molecule has 25 heavy (non-hydrogen) atoms. The zero-order valence-corrected chi connectivity index (χ0v) is 14.0. The molecule has 0 spiro atoms. The SMILES string of the molecule is COc1ccccc1CC(=O)Nc1ccc(-c2cnco2)c(OC)c1. The first-order chi connectivity index (χ1) is 12.2. The van der Waals surface area contributed by atoms with Gasteiger partial charge in [-0.1, -0.05) is 18.2 Å². The lowest BCUT2D eigenvalue weighted by molar-refractivity contribution is -0.115. The quantitative estimate of drug-likeness (QED) is 0.744. The molecule has 0 unspecified atom stereocenters. The van der Waals surface area contributed by atoms with Crippen molar-refractivity contribution in [3.05, 3.63) is 60.6 Å². The highest BCUT2D eigenvalue weighted by Gasteiger charge is 2.12. The van der Waals surface area contributed by atoms with Crippen molar-refractivity contribution in [2.45, 2.75) is 6.42 Å². The number of carbonyl (C=O) groups excluding carboxylic acids is 1. The van der Waals surface area contributed by atoms with E-state index < -0.39 is 0 Å². The second-order valence-corrected chi connectivity index (χ2v) is 5.32. The lowest BCUT2D eigenvalue weighted by Gasteiger charge is -2.11. The summed E-state index contributed by atoms with van der Waals surface area (Å²) in [7, 11) is 3.15. The summed E-state index contributed by atoms with van der Waals surface area (Å²) in [5.74, 6) is 1.74. The third kappa shape index (κ3) is 3.80. The van der Waals surface area contributed by atoms with Crippen LogP contribution in [0.15, 0.2) is 59.5 Å². The lowest BCUT2D eigenvalue weighted by Crippen LogP contribution is -2.15. The minimum atomic E-state index is -0.140. The Bertz CT molecular complexity index is 860. The van der Waals surface area contributed by atoms with Crippen molar-refractivity contribution in [3.63, 3.8) is 0 Å². The van der Waals surface area contributed by atoms with Crippen molar-refractivity contribution in [1.29, 1.82) is 0 Å². The molecule has 3 rings (SSSR count). The third-order valence-corrected chi connectivity index (χ3v) is 3.73. The highest BCUT2D eigenvalue weighted by Crippen LogP contribution is 2.32. The molecule has 1 aromatic heterocycles. The van der Waals surface area contributed by atoms with Gasteiger partial charge in [0.05, 0.1) is 32.4 Å². The molecule has 1 N–H and O–H groups in total. The van der Waals surface area contributed by atoms with E-state index in [4.69, 9.17) is 13.9 Å². The van der Waals surface area contributed by atoms with Crippen molar-refractivity contribution in [2.24, 2.45) is 0 Å². The van der Waals surface area contributed by atoms with E-state index in [-0.39, 0.29) is 12.3 Å². The van der Waals surface area contributed by atoms with Crippen molar-refractivity contribution >= 4 is 11.6 Å². The molecule has 0 fully saturated rings. The number of anilines is 1. The van der Waals surface area contributed by atoms with Crippen LogP contribution in [0.3, 0.4) is 0 Å². The maximum atomic E-state index is 12.3. The maximum absolute atomic E-state index is 12.3. The minimum Gasteiger partial charge on any atom is -0.496 e. The molecule has 0 aliphatic rings. The van der Waals surface area contributed by atoms with E-state index >= 15 is 0 Å². The Morgan fingerprint density at radius 3 is 2.64 bits per heavy atom. The summed E-state index contributed by atoms with van der Waals surface area (Å²) < 4.78 is 16.0. The highest BCUT2D eigenvalue weighted by molar-refractivity contribution is 5.93. The van der Waals surface area contributed by atoms with E-state index in [0.717, 1.165) is 11.1 Å². The average Bonchev–Trinajstić information content (AvgIpc) is 3.16. The number of rotatable bonds is 6. The Morgan fingerprint density at radius 1 is 1.12 bits per heavy atom. The van der Waals surface area contributed by atoms with Crippen LogP contribution in [-0.4, -0.2) is 25.1 Å². The molecule has 2 aromatic carbocycles. The van der Waals surface area contributed by atoms with Crippen LogP contribution in [0.5, 0.6) is 11.5 Å². The summed E-state index contributed by atoms with van der Waals surface area (Å²) in [5.41, 5.74) is 2.23. The second kappa shape index (κ2) is 7.53. The van der Waals surface area contributed by atoms with E-state index in [1.807, 2.05) is 30.3 Å². The fraction of sp³-hybridized carbons (Fsp3) is 0.158. The number of benzene rings is 2. The molecule has 0 saturated heterocycles. The first-order valence-corrected chi connectivity index (χ1v) is 7.70. The molecule has 0 aliphatic carbocycles. The van der Waals surface area contributed by atoms with Crippen LogP contribution in [-0.2, 0) is 11.2 Å². The van der Waals surface area contributed by atoms with Gasteiger partial charge in [0, 0.05) is 17.3 Å². The molecule has 0 bridgehead atoms. The molecule has 1 amide bonds. The largest absolute Gasteiger partial charge is 0.496 e. The van der Waals surface area contributed by atoms with Gasteiger partial charge in [-0.2, -0.15) is 0 Å². The number of hydrogen-bond acceptors (Lipinski definition) is 5. The minimum absolute atomic E-state index is 0.140. The Hall–Kier alpha value is -3.28. The molecular formula is C19H18N2O4. The Kier molecular flexibility index (Phi) is 4.99. The van der Waals surface area contributed by atoms with E-state index in [1.165, 1.54) is 6.39 Å². The maximum Gasteiger partial charge on any atom is 0.228 e. The van der Waals surface area contributed by atoms with Crippen LogP contribution in [0.1, 0.15) is 5.56 Å². The molecule has 1 heterocycles. The second-order valence-electron chi connectivity index (χ2n) is 5.32. The smallest absolute Gasteiger partial charge is 0.228 e. The number of methoxy groups -OCH3 is 2. The number of nitrogens with zero attached hydrogens (tertiary/aromatic N) is 1. The van der Waals surface area contributed by atoms with Crippen LogP contribution in [0.2, 0.25) is 0 Å². The van der Waals surface area contributed by atoms with Gasteiger partial charge in [-0.05, 0) is 18.2 Å². The van der Waals surface area contributed by atoms with Gasteiger partial charge in [0.2, 0.25) is 5.91 Å². The standard InChI is InChI=1S/C19H18N2O4/c1-23-16-6-4-3-5-13(16)9-19(22)21-14-7-8-15(17(10-14)24-2)18-11-20-12-25-18/h3-8,10-12H,9H2,1-2H3,(H,21,22).